The summed E-state index contributed by atoms with van der Waals surface area (Å²) >= 11 is 5.96. The van der Waals surface area contributed by atoms with Crippen LogP contribution in [0.4, 0.5) is 8.78 Å². The smallest absolute Gasteiger partial charge is 0.387 e. The molecule has 0 N–H and O–H groups in total. The van der Waals surface area contributed by atoms with Gasteiger partial charge in [0, 0.05) is 31.2 Å². The average Bonchev–Trinajstić information content (AvgIpc) is 3.55. The van der Waals surface area contributed by atoms with Crippen molar-refractivity contribution in [2.45, 2.75) is 24.9 Å². The lowest BCUT2D eigenvalue weighted by Gasteiger charge is -2.37. The highest BCUT2D eigenvalue weighted by Crippen LogP contribution is 2.49. The van der Waals surface area contributed by atoms with Crippen LogP contribution in [-0.4, -0.2) is 54.4 Å². The minimum absolute atomic E-state index is 0.0679. The maximum atomic E-state index is 13.2. The lowest BCUT2D eigenvalue weighted by molar-refractivity contribution is -0.135. The van der Waals surface area contributed by atoms with Crippen molar-refractivity contribution in [1.82, 2.24) is 9.80 Å². The Hall–Kier alpha value is -2.67. The number of nitrogens with zero attached hydrogens (tertiary/aromatic N) is 2. The standard InChI is InChI=1S/C22H21ClF2N2O3/c23-16-7-5-15(6-8-16)22(9-10-22)20(29)27-13-11-26(12-14-27)19(28)17-3-1-2-4-18(17)30-21(24)25/h1-8,21H,9-14H2. The van der Waals surface area contributed by atoms with E-state index in [0.29, 0.717) is 31.2 Å². The third-order valence-corrected chi connectivity index (χ3v) is 6.00. The molecule has 30 heavy (non-hydrogen) atoms. The molecule has 5 nitrogen and oxygen atoms in total. The second-order valence-electron chi connectivity index (χ2n) is 7.55. The maximum absolute atomic E-state index is 13.2. The van der Waals surface area contributed by atoms with Crippen molar-refractivity contribution < 1.29 is 23.1 Å². The Morgan fingerprint density at radius 3 is 2.13 bits per heavy atom. The number of benzene rings is 2. The van der Waals surface area contributed by atoms with Gasteiger partial charge in [-0.1, -0.05) is 35.9 Å². The Labute approximate surface area is 178 Å². The zero-order chi connectivity index (χ0) is 21.3. The molecule has 2 fully saturated rings. The first-order valence-electron chi connectivity index (χ1n) is 9.79. The number of piperazine rings is 1. The third kappa shape index (κ3) is 3.99. The number of hydrogen-bond acceptors (Lipinski definition) is 3. The Morgan fingerprint density at radius 2 is 1.53 bits per heavy atom. The lowest BCUT2D eigenvalue weighted by atomic mass is 9.94. The van der Waals surface area contributed by atoms with E-state index >= 15 is 0 Å². The molecule has 1 saturated carbocycles. The number of alkyl halides is 2. The van der Waals surface area contributed by atoms with Crippen LogP contribution in [0.1, 0.15) is 28.8 Å². The van der Waals surface area contributed by atoms with Crippen LogP contribution in [-0.2, 0) is 10.2 Å². The van der Waals surface area contributed by atoms with Gasteiger partial charge in [0.15, 0.2) is 0 Å². The van der Waals surface area contributed by atoms with E-state index in [2.05, 4.69) is 4.74 Å². The van der Waals surface area contributed by atoms with E-state index < -0.39 is 12.0 Å². The fourth-order valence-corrected chi connectivity index (χ4v) is 4.07. The minimum Gasteiger partial charge on any atom is -0.434 e. The summed E-state index contributed by atoms with van der Waals surface area (Å²) in [6.45, 7) is -1.53. The number of hydrogen-bond donors (Lipinski definition) is 0. The van der Waals surface area contributed by atoms with Gasteiger partial charge in [-0.3, -0.25) is 9.59 Å². The largest absolute Gasteiger partial charge is 0.434 e. The summed E-state index contributed by atoms with van der Waals surface area (Å²) in [5.41, 5.74) is 0.569. The van der Waals surface area contributed by atoms with Crippen LogP contribution in [0.3, 0.4) is 0 Å². The number of carbonyl (C=O) groups is 2. The maximum Gasteiger partial charge on any atom is 0.387 e. The Balaban J connectivity index is 1.41. The summed E-state index contributed by atoms with van der Waals surface area (Å²) in [5, 5.41) is 0.630. The van der Waals surface area contributed by atoms with Gasteiger partial charge in [-0.15, -0.1) is 0 Å². The van der Waals surface area contributed by atoms with Gasteiger partial charge in [-0.2, -0.15) is 8.78 Å². The Bertz CT molecular complexity index is 940. The highest BCUT2D eigenvalue weighted by Gasteiger charge is 2.53. The first-order chi connectivity index (χ1) is 14.4. The predicted molar refractivity (Wildman–Crippen MR) is 108 cm³/mol. The number of rotatable bonds is 5. The van der Waals surface area contributed by atoms with Gasteiger partial charge >= 0.3 is 6.61 Å². The molecule has 0 radical (unpaired) electrons. The van der Waals surface area contributed by atoms with Gasteiger partial charge < -0.3 is 14.5 Å². The monoisotopic (exact) mass is 434 g/mol. The quantitative estimate of drug-likeness (QED) is 0.715. The van der Waals surface area contributed by atoms with E-state index in [4.69, 9.17) is 11.6 Å². The molecule has 1 saturated heterocycles. The van der Waals surface area contributed by atoms with E-state index in [0.717, 1.165) is 18.4 Å². The number of para-hydroxylation sites is 1. The van der Waals surface area contributed by atoms with E-state index in [1.807, 2.05) is 12.1 Å². The molecule has 1 heterocycles. The van der Waals surface area contributed by atoms with Crippen LogP contribution in [0.2, 0.25) is 5.02 Å². The molecule has 4 rings (SSSR count). The van der Waals surface area contributed by atoms with Crippen LogP contribution in [0, 0.1) is 0 Å². The second-order valence-corrected chi connectivity index (χ2v) is 7.98. The van der Waals surface area contributed by atoms with E-state index in [9.17, 15) is 18.4 Å². The summed E-state index contributed by atoms with van der Waals surface area (Å²) in [4.78, 5) is 29.4. The molecule has 8 heteroatoms. The molecule has 158 valence electrons. The Morgan fingerprint density at radius 1 is 0.933 bits per heavy atom. The van der Waals surface area contributed by atoms with Gasteiger partial charge in [0.2, 0.25) is 5.91 Å². The summed E-state index contributed by atoms with van der Waals surface area (Å²) in [7, 11) is 0. The summed E-state index contributed by atoms with van der Waals surface area (Å²) in [6, 6.07) is 13.3. The zero-order valence-corrected chi connectivity index (χ0v) is 16.9. The van der Waals surface area contributed by atoms with Crippen LogP contribution in [0.15, 0.2) is 48.5 Å². The predicted octanol–water partition coefficient (Wildman–Crippen LogP) is 3.96. The van der Waals surface area contributed by atoms with E-state index in [1.54, 1.807) is 28.0 Å². The number of halogens is 3. The molecular weight excluding hydrogens is 414 g/mol. The molecule has 2 amide bonds. The fourth-order valence-electron chi connectivity index (χ4n) is 3.95. The van der Waals surface area contributed by atoms with Crippen molar-refractivity contribution in [3.05, 3.63) is 64.7 Å². The molecular formula is C22H21ClF2N2O3. The van der Waals surface area contributed by atoms with Crippen LogP contribution in [0.5, 0.6) is 5.75 Å². The number of ether oxygens (including phenoxy) is 1. The fraction of sp³-hybridized carbons (Fsp3) is 0.364. The van der Waals surface area contributed by atoms with Gasteiger partial charge in [-0.05, 0) is 42.7 Å². The van der Waals surface area contributed by atoms with Crippen molar-refractivity contribution in [2.75, 3.05) is 26.2 Å². The first kappa shape index (κ1) is 20.6. The molecule has 0 atom stereocenters. The molecule has 0 aromatic heterocycles. The van der Waals surface area contributed by atoms with Gasteiger partial charge in [0.25, 0.3) is 5.91 Å². The van der Waals surface area contributed by atoms with Gasteiger partial charge in [0.05, 0.1) is 11.0 Å². The zero-order valence-electron chi connectivity index (χ0n) is 16.2. The highest BCUT2D eigenvalue weighted by molar-refractivity contribution is 6.30. The number of carbonyl (C=O) groups excluding carboxylic acids is 2. The highest BCUT2D eigenvalue weighted by atomic mass is 35.5. The molecule has 0 spiro atoms. The van der Waals surface area contributed by atoms with Crippen LogP contribution >= 0.6 is 11.6 Å². The summed E-state index contributed by atoms with van der Waals surface area (Å²) in [5.74, 6) is -0.453. The molecule has 1 aliphatic carbocycles. The van der Waals surface area contributed by atoms with E-state index in [-0.39, 0.29) is 23.1 Å². The Kier molecular flexibility index (Phi) is 5.64. The number of amides is 2. The first-order valence-corrected chi connectivity index (χ1v) is 10.2. The van der Waals surface area contributed by atoms with Crippen molar-refractivity contribution in [1.29, 1.82) is 0 Å². The molecule has 2 aromatic rings. The molecule has 0 bridgehead atoms. The molecule has 2 aromatic carbocycles. The molecule has 2 aliphatic rings. The molecule has 0 unspecified atom stereocenters. The third-order valence-electron chi connectivity index (χ3n) is 5.74. The lowest BCUT2D eigenvalue weighted by Crippen LogP contribution is -2.53. The normalized spacial score (nSPS) is 17.7. The molecule has 1 aliphatic heterocycles. The second kappa shape index (κ2) is 8.22. The van der Waals surface area contributed by atoms with Crippen molar-refractivity contribution in [3.8, 4) is 5.75 Å². The van der Waals surface area contributed by atoms with Gasteiger partial charge in [0.1, 0.15) is 5.75 Å². The summed E-state index contributed by atoms with van der Waals surface area (Å²) < 4.78 is 29.7. The minimum atomic E-state index is -3.00. The van der Waals surface area contributed by atoms with Crippen molar-refractivity contribution in [3.63, 3.8) is 0 Å². The van der Waals surface area contributed by atoms with E-state index in [1.165, 1.54) is 18.2 Å². The topological polar surface area (TPSA) is 49.9 Å². The average molecular weight is 435 g/mol. The van der Waals surface area contributed by atoms with Crippen molar-refractivity contribution >= 4 is 23.4 Å². The van der Waals surface area contributed by atoms with Crippen molar-refractivity contribution in [2.24, 2.45) is 0 Å². The van der Waals surface area contributed by atoms with Crippen LogP contribution in [0.25, 0.3) is 0 Å². The SMILES string of the molecule is O=C(c1ccccc1OC(F)F)N1CCN(C(=O)C2(c3ccc(Cl)cc3)CC2)CC1. The summed E-state index contributed by atoms with van der Waals surface area (Å²) in [6.07, 6.45) is 1.59. The van der Waals surface area contributed by atoms with Gasteiger partial charge in [-0.25, -0.2) is 0 Å². The van der Waals surface area contributed by atoms with Crippen LogP contribution < -0.4 is 4.74 Å².